The maximum absolute atomic E-state index is 13.3. The Balaban J connectivity index is 1.95. The second-order valence-corrected chi connectivity index (χ2v) is 5.53. The van der Waals surface area contributed by atoms with Crippen LogP contribution in [0.1, 0.15) is 17.0 Å². The summed E-state index contributed by atoms with van der Waals surface area (Å²) >= 11 is 0. The van der Waals surface area contributed by atoms with Crippen LogP contribution < -0.4 is 10.5 Å². The highest BCUT2D eigenvalue weighted by Gasteiger charge is 2.35. The summed E-state index contributed by atoms with van der Waals surface area (Å²) in [6.07, 6.45) is 3.32. The van der Waals surface area contributed by atoms with Crippen LogP contribution in [-0.2, 0) is 0 Å². The number of nitrogens with two attached hydrogens (primary N) is 1. The van der Waals surface area contributed by atoms with Crippen molar-refractivity contribution in [3.05, 3.63) is 77.2 Å². The van der Waals surface area contributed by atoms with Gasteiger partial charge in [-0.2, -0.15) is 5.26 Å². The van der Waals surface area contributed by atoms with Crippen LogP contribution in [0.25, 0.3) is 11.3 Å². The molecule has 7 heteroatoms. The topological polar surface area (TPSA) is 101 Å². The Hall–Kier alpha value is -3.66. The van der Waals surface area contributed by atoms with E-state index in [4.69, 9.17) is 10.5 Å². The minimum absolute atomic E-state index is 0.00268. The Morgan fingerprint density at radius 2 is 1.88 bits per heavy atom. The zero-order valence-corrected chi connectivity index (χ0v) is 12.9. The smallest absolute Gasteiger partial charge is 0.244 e. The number of aromatic amines is 1. The van der Waals surface area contributed by atoms with Gasteiger partial charge < -0.3 is 10.5 Å². The fourth-order valence-corrected chi connectivity index (χ4v) is 2.97. The molecular weight excluding hydrogens is 321 g/mol. The molecule has 0 amide bonds. The third-order valence-corrected chi connectivity index (χ3v) is 4.11. The highest BCUT2D eigenvalue weighted by Crippen LogP contribution is 2.45. The molecule has 0 fully saturated rings. The number of allylic oxidation sites excluding steroid dienone is 1. The largest absolute Gasteiger partial charge is 0.420 e. The third-order valence-electron chi connectivity index (χ3n) is 4.11. The molecule has 6 nitrogen and oxygen atoms in total. The van der Waals surface area contributed by atoms with Crippen molar-refractivity contribution in [2.24, 2.45) is 5.73 Å². The number of nitriles is 1. The minimum Gasteiger partial charge on any atom is -0.420 e. The molecular formula is C18H12FN5O. The van der Waals surface area contributed by atoms with Gasteiger partial charge in [0.15, 0.2) is 0 Å². The van der Waals surface area contributed by atoms with Crippen molar-refractivity contribution in [2.75, 3.05) is 0 Å². The van der Waals surface area contributed by atoms with Crippen LogP contribution in [0.4, 0.5) is 4.39 Å². The van der Waals surface area contributed by atoms with Gasteiger partial charge in [0.1, 0.15) is 17.5 Å². The van der Waals surface area contributed by atoms with Crippen LogP contribution in [0.3, 0.4) is 0 Å². The van der Waals surface area contributed by atoms with Crippen molar-refractivity contribution >= 4 is 0 Å². The number of hydrogen-bond acceptors (Lipinski definition) is 5. The summed E-state index contributed by atoms with van der Waals surface area (Å²) in [7, 11) is 0. The van der Waals surface area contributed by atoms with Crippen molar-refractivity contribution in [2.45, 2.75) is 5.92 Å². The first kappa shape index (κ1) is 14.9. The lowest BCUT2D eigenvalue weighted by atomic mass is 9.83. The van der Waals surface area contributed by atoms with Crippen LogP contribution in [-0.4, -0.2) is 15.2 Å². The lowest BCUT2D eigenvalue weighted by molar-refractivity contribution is 0.379. The van der Waals surface area contributed by atoms with E-state index >= 15 is 0 Å². The summed E-state index contributed by atoms with van der Waals surface area (Å²) in [6, 6.07) is 11.7. The molecule has 0 spiro atoms. The quantitative estimate of drug-likeness (QED) is 0.751. The van der Waals surface area contributed by atoms with Crippen molar-refractivity contribution in [1.29, 1.82) is 5.26 Å². The highest BCUT2D eigenvalue weighted by atomic mass is 19.1. The number of pyridine rings is 1. The second-order valence-electron chi connectivity index (χ2n) is 5.53. The van der Waals surface area contributed by atoms with Crippen LogP contribution in [0.15, 0.2) is 60.2 Å². The Labute approximate surface area is 142 Å². The average molecular weight is 333 g/mol. The van der Waals surface area contributed by atoms with Gasteiger partial charge in [-0.3, -0.25) is 10.1 Å². The predicted molar refractivity (Wildman–Crippen MR) is 87.5 cm³/mol. The number of halogens is 1. The number of benzene rings is 1. The Kier molecular flexibility index (Phi) is 3.43. The first-order valence-corrected chi connectivity index (χ1v) is 7.50. The van der Waals surface area contributed by atoms with Crippen LogP contribution >= 0.6 is 0 Å². The summed E-state index contributed by atoms with van der Waals surface area (Å²) in [6.45, 7) is 0. The SMILES string of the molecule is N#CC1=C(N)Oc2n[nH]c(-c3ccncc3)c2C1c1ccc(F)cc1. The summed E-state index contributed by atoms with van der Waals surface area (Å²) in [4.78, 5) is 4.01. The van der Waals surface area contributed by atoms with Gasteiger partial charge in [0, 0.05) is 18.0 Å². The predicted octanol–water partition coefficient (Wildman–Crippen LogP) is 2.83. The third kappa shape index (κ3) is 2.40. The monoisotopic (exact) mass is 333 g/mol. The van der Waals surface area contributed by atoms with E-state index in [0.29, 0.717) is 17.1 Å². The van der Waals surface area contributed by atoms with E-state index in [9.17, 15) is 9.65 Å². The first-order valence-electron chi connectivity index (χ1n) is 7.50. The molecule has 122 valence electrons. The fourth-order valence-electron chi connectivity index (χ4n) is 2.97. The molecule has 1 aliphatic rings. The fraction of sp³-hybridized carbons (Fsp3) is 0.0556. The first-order chi connectivity index (χ1) is 12.2. The maximum atomic E-state index is 13.3. The standard InChI is InChI=1S/C18H12FN5O/c19-12-3-1-10(2-4-12)14-13(9-20)17(21)25-18-15(14)16(23-24-18)11-5-7-22-8-6-11/h1-8,14H,21H2,(H,23,24). The molecule has 3 N–H and O–H groups in total. The summed E-state index contributed by atoms with van der Waals surface area (Å²) in [5.74, 6) is -0.556. The average Bonchev–Trinajstić information content (AvgIpc) is 3.05. The van der Waals surface area contributed by atoms with Crippen LogP contribution in [0.5, 0.6) is 5.88 Å². The molecule has 2 aromatic heterocycles. The molecule has 0 saturated carbocycles. The van der Waals surface area contributed by atoms with Gasteiger partial charge in [-0.05, 0) is 29.8 Å². The molecule has 3 aromatic rings. The van der Waals surface area contributed by atoms with Gasteiger partial charge in [0.05, 0.1) is 17.2 Å². The number of hydrogen-bond donors (Lipinski definition) is 2. The molecule has 1 atom stereocenters. The lowest BCUT2D eigenvalue weighted by Crippen LogP contribution is -2.21. The number of rotatable bonds is 2. The minimum atomic E-state index is -0.503. The molecule has 0 saturated heterocycles. The van der Waals surface area contributed by atoms with Gasteiger partial charge in [-0.15, -0.1) is 5.10 Å². The lowest BCUT2D eigenvalue weighted by Gasteiger charge is -2.24. The number of fused-ring (bicyclic) bond motifs is 1. The van der Waals surface area contributed by atoms with Gasteiger partial charge in [-0.1, -0.05) is 12.1 Å². The van der Waals surface area contributed by atoms with E-state index in [1.165, 1.54) is 12.1 Å². The zero-order chi connectivity index (χ0) is 17.4. The molecule has 1 aromatic carbocycles. The molecule has 0 bridgehead atoms. The summed E-state index contributed by atoms with van der Waals surface area (Å²) in [5, 5.41) is 16.7. The number of nitrogens with zero attached hydrogens (tertiary/aromatic N) is 3. The van der Waals surface area contributed by atoms with Crippen molar-refractivity contribution in [1.82, 2.24) is 15.2 Å². The maximum Gasteiger partial charge on any atom is 0.244 e. The zero-order valence-electron chi connectivity index (χ0n) is 12.9. The number of ether oxygens (including phenoxy) is 1. The summed E-state index contributed by atoms with van der Waals surface area (Å²) < 4.78 is 18.9. The van der Waals surface area contributed by atoms with E-state index < -0.39 is 5.92 Å². The normalized spacial score (nSPS) is 16.1. The molecule has 0 radical (unpaired) electrons. The van der Waals surface area contributed by atoms with Gasteiger partial charge in [0.25, 0.3) is 0 Å². The van der Waals surface area contributed by atoms with E-state index in [-0.39, 0.29) is 17.3 Å². The molecule has 1 aliphatic heterocycles. The van der Waals surface area contributed by atoms with E-state index in [2.05, 4.69) is 21.3 Å². The second kappa shape index (κ2) is 5.76. The molecule has 4 rings (SSSR count). The van der Waals surface area contributed by atoms with Gasteiger partial charge in [0.2, 0.25) is 11.8 Å². The molecule has 0 aliphatic carbocycles. The van der Waals surface area contributed by atoms with Crippen molar-refractivity contribution in [3.63, 3.8) is 0 Å². The van der Waals surface area contributed by atoms with Crippen LogP contribution in [0, 0.1) is 17.1 Å². The Bertz CT molecular complexity index is 1000. The van der Waals surface area contributed by atoms with Gasteiger partial charge >= 0.3 is 0 Å². The number of aromatic nitrogens is 3. The molecule has 25 heavy (non-hydrogen) atoms. The van der Waals surface area contributed by atoms with Crippen LogP contribution in [0.2, 0.25) is 0 Å². The van der Waals surface area contributed by atoms with Crippen molar-refractivity contribution < 1.29 is 9.13 Å². The Morgan fingerprint density at radius 1 is 1.16 bits per heavy atom. The van der Waals surface area contributed by atoms with E-state index in [1.54, 1.807) is 24.5 Å². The van der Waals surface area contributed by atoms with Gasteiger partial charge in [-0.25, -0.2) is 4.39 Å². The van der Waals surface area contributed by atoms with Crippen molar-refractivity contribution in [3.8, 4) is 23.2 Å². The van der Waals surface area contributed by atoms with E-state index in [1.807, 2.05) is 12.1 Å². The van der Waals surface area contributed by atoms with E-state index in [0.717, 1.165) is 11.1 Å². The summed E-state index contributed by atoms with van der Waals surface area (Å²) in [5.41, 5.74) is 9.12. The number of nitrogens with one attached hydrogen (secondary N) is 1. The molecule has 1 unspecified atom stereocenters. The Morgan fingerprint density at radius 3 is 2.56 bits per heavy atom. The molecule has 3 heterocycles. The highest BCUT2D eigenvalue weighted by molar-refractivity contribution is 5.70. The number of H-pyrrole nitrogens is 1.